The van der Waals surface area contributed by atoms with E-state index in [1.54, 1.807) is 14.2 Å². The van der Waals surface area contributed by atoms with Crippen molar-refractivity contribution in [3.63, 3.8) is 0 Å². The van der Waals surface area contributed by atoms with E-state index in [0.29, 0.717) is 47.4 Å². The molecule has 0 spiro atoms. The van der Waals surface area contributed by atoms with Gasteiger partial charge in [-0.15, -0.1) is 0 Å². The Labute approximate surface area is 328 Å². The summed E-state index contributed by atoms with van der Waals surface area (Å²) in [6, 6.07) is 0. The zero-order valence-electron chi connectivity index (χ0n) is 35.2. The number of primary amides is 1. The van der Waals surface area contributed by atoms with Gasteiger partial charge in [0.2, 0.25) is 11.8 Å². The summed E-state index contributed by atoms with van der Waals surface area (Å²) in [5.74, 6) is 2.93. The van der Waals surface area contributed by atoms with E-state index in [2.05, 4.69) is 5.32 Å². The molecule has 0 bridgehead atoms. The zero-order valence-corrected chi connectivity index (χ0v) is 34.7. The molecule has 0 aromatic rings. The molecular weight excluding hydrogens is 741 g/mol. The summed E-state index contributed by atoms with van der Waals surface area (Å²) in [5, 5.41) is 29.6. The van der Waals surface area contributed by atoms with Crippen LogP contribution in [0.1, 0.15) is 75.9 Å². The summed E-state index contributed by atoms with van der Waals surface area (Å²) in [4.78, 5) is 43.9. The number of thioether (sulfide) groups is 3. The molecule has 0 aliphatic heterocycles. The molecule has 6 atom stereocenters. The van der Waals surface area contributed by atoms with Crippen LogP contribution in [-0.4, -0.2) is 158 Å². The van der Waals surface area contributed by atoms with Gasteiger partial charge in [-0.25, -0.2) is 0 Å². The fourth-order valence-corrected chi connectivity index (χ4v) is 5.96. The van der Waals surface area contributed by atoms with Crippen LogP contribution in [0.5, 0.6) is 0 Å². The molecule has 6 unspecified atom stereocenters. The third-order valence-corrected chi connectivity index (χ3v) is 9.56. The third kappa shape index (κ3) is 34.7. The van der Waals surface area contributed by atoms with Crippen LogP contribution in [0.4, 0.5) is 0 Å². The van der Waals surface area contributed by atoms with Gasteiger partial charge in [0.25, 0.3) is 0 Å². The van der Waals surface area contributed by atoms with Crippen LogP contribution >= 0.6 is 35.3 Å². The highest BCUT2D eigenvalue weighted by Gasteiger charge is 2.20. The predicted octanol–water partition coefficient (Wildman–Crippen LogP) is 2.39. The van der Waals surface area contributed by atoms with Crippen LogP contribution in [0.15, 0.2) is 0 Å². The zero-order chi connectivity index (χ0) is 42.7. The van der Waals surface area contributed by atoms with Crippen LogP contribution in [0, 0.1) is 0 Å². The van der Waals surface area contributed by atoms with Gasteiger partial charge >= 0.3 is 0 Å². The maximum absolute atomic E-state index is 11.7. The molecule has 6 N–H and O–H groups in total. The molecular formula is C34H68N2O13S3. The van der Waals surface area contributed by atoms with E-state index < -0.39 is 24.4 Å². The van der Waals surface area contributed by atoms with E-state index in [4.69, 9.17) is 47.9 Å². The molecule has 310 valence electrons. The summed E-state index contributed by atoms with van der Waals surface area (Å²) in [6.45, 7) is 8.68. The Morgan fingerprint density at radius 1 is 0.750 bits per heavy atom. The van der Waals surface area contributed by atoms with E-state index in [9.17, 15) is 19.2 Å². The van der Waals surface area contributed by atoms with Gasteiger partial charge < -0.3 is 64.4 Å². The number of rotatable bonds is 32. The summed E-state index contributed by atoms with van der Waals surface area (Å²) >= 11 is 4.51. The topological polar surface area (TPSA) is 222 Å². The maximum atomic E-state index is 11.7. The lowest BCUT2D eigenvalue weighted by molar-refractivity contribution is -0.151. The van der Waals surface area contributed by atoms with E-state index in [-0.39, 0.29) is 75.4 Å². The molecule has 0 aliphatic rings. The number of nitrogens with two attached hydrogens (primary N) is 1. The molecule has 52 heavy (non-hydrogen) atoms. The Morgan fingerprint density at radius 2 is 1.13 bits per heavy atom. The highest BCUT2D eigenvalue weighted by molar-refractivity contribution is 7.99. The first-order valence-corrected chi connectivity index (χ1v) is 20.7. The normalized spacial score (nSPS) is 15.4. The second kappa shape index (κ2) is 38.3. The minimum Gasteiger partial charge on any atom is -0.394 e. The Hall–Kier alpha value is -1.03. The number of amides is 2. The van der Waals surface area contributed by atoms with Crippen molar-refractivity contribution in [2.45, 2.75) is 116 Å². The quantitative estimate of drug-likeness (QED) is 0.0374. The van der Waals surface area contributed by atoms with Crippen molar-refractivity contribution >= 4 is 59.6 Å². The molecule has 0 fully saturated rings. The smallest absolute Gasteiger partial charge is 0.221 e. The van der Waals surface area contributed by atoms with Crippen molar-refractivity contribution in [3.05, 3.63) is 0 Å². The van der Waals surface area contributed by atoms with Gasteiger partial charge in [0.1, 0.15) is 15.3 Å². The van der Waals surface area contributed by atoms with Crippen molar-refractivity contribution in [1.82, 2.24) is 5.32 Å². The van der Waals surface area contributed by atoms with Gasteiger partial charge in [-0.3, -0.25) is 9.59 Å². The van der Waals surface area contributed by atoms with Crippen LogP contribution in [0.3, 0.4) is 0 Å². The number of hydrogen-bond acceptors (Lipinski definition) is 16. The number of aliphatic hydroxyl groups excluding tert-OH is 3. The summed E-state index contributed by atoms with van der Waals surface area (Å²) in [7, 11) is 4.63. The molecule has 0 aromatic carbocycles. The summed E-state index contributed by atoms with van der Waals surface area (Å²) in [5.41, 5.74) is 0.662. The standard InChI is InChI=1S/C14H27NO5S.C10H21NO4S.C10H20O4S/c1-5-11(8-16)20-13(19-4)9-21-7-6-12(18)15-14(2,3)10-17;1-3-8(6-12)15-10(14-2)7-16-5-4-9(11)13;1-3-9(7-12)14-10(13-2)8-15-6-4-5-11/h10-11,13,16H,5-9H2,1-4H3,(H,15,18);8,10,12H,3-7H2,1-2H3,(H2,11,13);5,9-10,12H,3-4,6-8H2,1-2H3/i10T;;5T/hT. The number of hydrogen-bond donors (Lipinski definition) is 5. The molecule has 15 nitrogen and oxygen atoms in total. The van der Waals surface area contributed by atoms with Crippen molar-refractivity contribution in [1.29, 1.82) is 0 Å². The number of methoxy groups -OCH3 is 3. The maximum Gasteiger partial charge on any atom is 0.221 e. The number of carbonyl (C=O) groups is 4. The van der Waals surface area contributed by atoms with Gasteiger partial charge in [0, 0.05) is 75.1 Å². The predicted molar refractivity (Wildman–Crippen MR) is 209 cm³/mol. The summed E-state index contributed by atoms with van der Waals surface area (Å²) in [6.07, 6.45) is -0.280. The minimum atomic E-state index is -1.16. The highest BCUT2D eigenvalue weighted by Crippen LogP contribution is 2.13. The van der Waals surface area contributed by atoms with Crippen LogP contribution in [0.2, 0.25) is 1.41 Å². The van der Waals surface area contributed by atoms with Crippen molar-refractivity contribution < 1.29 is 67.1 Å². The molecule has 0 radical (unpaired) electrons. The van der Waals surface area contributed by atoms with Crippen molar-refractivity contribution in [2.24, 2.45) is 5.73 Å². The van der Waals surface area contributed by atoms with Crippen LogP contribution in [0.25, 0.3) is 0 Å². The molecule has 18 heteroatoms. The molecule has 0 aromatic heterocycles. The lowest BCUT2D eigenvalue weighted by atomic mass is 10.1. The van der Waals surface area contributed by atoms with E-state index >= 15 is 0 Å². The fraction of sp³-hybridized carbons (Fsp3) is 0.882. The number of aldehydes is 2. The van der Waals surface area contributed by atoms with Crippen molar-refractivity contribution in [3.8, 4) is 0 Å². The fourth-order valence-electron chi connectivity index (χ4n) is 3.36. The molecule has 0 aliphatic carbocycles. The van der Waals surface area contributed by atoms with Gasteiger partial charge in [0.05, 0.1) is 43.7 Å². The molecule has 0 saturated heterocycles. The average Bonchev–Trinajstić information content (AvgIpc) is 3.17. The number of nitrogens with one attached hydrogen (secondary N) is 1. The lowest BCUT2D eigenvalue weighted by Crippen LogP contribution is -2.44. The van der Waals surface area contributed by atoms with Gasteiger partial charge in [-0.1, -0.05) is 20.8 Å². The Bertz CT molecular complexity index is 972. The lowest BCUT2D eigenvalue weighted by Gasteiger charge is -2.21. The van der Waals surface area contributed by atoms with E-state index in [1.165, 1.54) is 56.2 Å². The third-order valence-electron chi connectivity index (χ3n) is 6.56. The van der Waals surface area contributed by atoms with Crippen LogP contribution in [-0.2, 0) is 47.6 Å². The van der Waals surface area contributed by atoms with E-state index in [0.717, 1.165) is 12.8 Å². The molecule has 0 rings (SSSR count). The van der Waals surface area contributed by atoms with Crippen LogP contribution < -0.4 is 11.0 Å². The number of carbonyl (C=O) groups excluding carboxylic acids is 4. The molecule has 0 heterocycles. The van der Waals surface area contributed by atoms with Crippen molar-refractivity contribution in [2.75, 3.05) is 75.7 Å². The van der Waals surface area contributed by atoms with Gasteiger partial charge in [0.15, 0.2) is 20.3 Å². The van der Waals surface area contributed by atoms with Gasteiger partial charge in [-0.05, 0) is 33.1 Å². The Kier molecular flexibility index (Phi) is 36.0. The highest BCUT2D eigenvalue weighted by atomic mass is 32.2. The number of ether oxygens (including phenoxy) is 6. The first-order chi connectivity index (χ1) is 26.1. The largest absolute Gasteiger partial charge is 0.394 e. The first-order valence-electron chi connectivity index (χ1n) is 18.7. The second-order valence-electron chi connectivity index (χ2n) is 11.4. The van der Waals surface area contributed by atoms with E-state index in [1.807, 2.05) is 26.5 Å². The monoisotopic (exact) mass is 814 g/mol. The Balaban J connectivity index is -0.000000750. The summed E-state index contributed by atoms with van der Waals surface area (Å²) < 4.78 is 52.4. The molecule has 0 saturated carbocycles. The number of aliphatic hydroxyl groups is 3. The molecule has 2 amide bonds. The first kappa shape index (κ1) is 49.0. The second-order valence-corrected chi connectivity index (χ2v) is 14.8. The Morgan fingerprint density at radius 3 is 1.44 bits per heavy atom. The minimum absolute atomic E-state index is 0.0216. The average molecular weight is 815 g/mol. The SMILES string of the molecule is [3H]C(=O)C(C)(C)NC(=O)CCSCC(OC)OC(CC)CO.[3H]C(=O)CCSCC(OC)OC(CC)CO.[3H]NC(=O)CCSCC(OC)OC(CC)CO. The van der Waals surface area contributed by atoms with Gasteiger partial charge in [-0.2, -0.15) is 35.3 Å².